The van der Waals surface area contributed by atoms with Crippen LogP contribution in [0.3, 0.4) is 0 Å². The van der Waals surface area contributed by atoms with E-state index in [4.69, 9.17) is 4.98 Å². The standard InChI is InChI=1S/C30H30N6S/c1-19(24-13-22(14-31-15-24)12-21-6-4-3-5-7-21)8-9-26-20(2)28(36-35-26)30-33-27-17-32-16-25(29(27)34-30)23-10-11-37-18-23/h8-11,13-18,21,35H,2-7,12H2,1H3,(H,33,34)/b19-8+,26-9+. The van der Waals surface area contributed by atoms with Crippen molar-refractivity contribution in [2.45, 2.75) is 45.4 Å². The molecule has 37 heavy (non-hydrogen) atoms. The minimum absolute atomic E-state index is 0.681. The molecule has 0 spiro atoms. The Morgan fingerprint density at radius 2 is 2.00 bits per heavy atom. The van der Waals surface area contributed by atoms with Crippen molar-refractivity contribution >= 4 is 40.6 Å². The average Bonchev–Trinajstić information content (AvgIpc) is 3.68. The number of aromatic amines is 2. The Hall–Kier alpha value is -3.84. The lowest BCUT2D eigenvalue weighted by atomic mass is 9.85. The highest BCUT2D eigenvalue weighted by molar-refractivity contribution is 7.08. The van der Waals surface area contributed by atoms with Crippen LogP contribution in [0.25, 0.3) is 51.9 Å². The summed E-state index contributed by atoms with van der Waals surface area (Å²) < 4.78 is 0. The Labute approximate surface area is 219 Å². The van der Waals surface area contributed by atoms with Crippen molar-refractivity contribution in [2.24, 2.45) is 5.92 Å². The predicted octanol–water partition coefficient (Wildman–Crippen LogP) is 5.89. The molecule has 2 N–H and O–H groups in total. The van der Waals surface area contributed by atoms with Gasteiger partial charge in [-0.05, 0) is 70.5 Å². The Morgan fingerprint density at radius 3 is 2.84 bits per heavy atom. The summed E-state index contributed by atoms with van der Waals surface area (Å²) in [5.74, 6) is 1.48. The second-order valence-corrected chi connectivity index (χ2v) is 10.7. The molecule has 0 radical (unpaired) electrons. The van der Waals surface area contributed by atoms with E-state index in [2.05, 4.69) is 67.6 Å². The van der Waals surface area contributed by atoms with E-state index in [-0.39, 0.29) is 0 Å². The fourth-order valence-electron chi connectivity index (χ4n) is 5.23. The van der Waals surface area contributed by atoms with E-state index in [0.29, 0.717) is 11.5 Å². The molecule has 1 aliphatic carbocycles. The summed E-state index contributed by atoms with van der Waals surface area (Å²) in [6.45, 7) is 6.41. The third-order valence-corrected chi connectivity index (χ3v) is 8.03. The maximum Gasteiger partial charge on any atom is 0.159 e. The number of imidazole rings is 1. The number of hydrogen-bond acceptors (Lipinski definition) is 5. The molecule has 6 nitrogen and oxygen atoms in total. The number of H-pyrrole nitrogens is 2. The molecule has 0 aliphatic heterocycles. The van der Waals surface area contributed by atoms with Gasteiger partial charge in [0, 0.05) is 29.4 Å². The zero-order valence-electron chi connectivity index (χ0n) is 21.0. The first kappa shape index (κ1) is 23.6. The van der Waals surface area contributed by atoms with Crippen molar-refractivity contribution in [1.82, 2.24) is 30.1 Å². The molecule has 1 aliphatic rings. The molecule has 1 saturated carbocycles. The van der Waals surface area contributed by atoms with Crippen LogP contribution >= 0.6 is 11.3 Å². The van der Waals surface area contributed by atoms with E-state index in [1.807, 2.05) is 24.7 Å². The molecule has 5 heterocycles. The van der Waals surface area contributed by atoms with E-state index >= 15 is 0 Å². The van der Waals surface area contributed by atoms with Crippen LogP contribution in [-0.4, -0.2) is 30.1 Å². The lowest BCUT2D eigenvalue weighted by Gasteiger charge is -2.21. The highest BCUT2D eigenvalue weighted by Gasteiger charge is 2.15. The molecular formula is C30H30N6S. The highest BCUT2D eigenvalue weighted by Crippen LogP contribution is 2.29. The SMILES string of the molecule is C=c1c(-c2nc3c(-c4ccsc4)cncc3[nH]2)n[nH]/c1=C/C=C(\C)c1cncc(CC2CCCCC2)c1. The Balaban J connectivity index is 1.27. The van der Waals surface area contributed by atoms with Crippen LogP contribution in [0.4, 0.5) is 0 Å². The number of nitrogens with zero attached hydrogens (tertiary/aromatic N) is 4. The van der Waals surface area contributed by atoms with Crippen LogP contribution in [0, 0.1) is 5.92 Å². The fraction of sp³-hybridized carbons (Fsp3) is 0.267. The number of rotatable bonds is 6. The summed E-state index contributed by atoms with van der Waals surface area (Å²) in [4.78, 5) is 17.2. The second kappa shape index (κ2) is 10.3. The second-order valence-electron chi connectivity index (χ2n) is 9.95. The number of hydrogen-bond donors (Lipinski definition) is 2. The summed E-state index contributed by atoms with van der Waals surface area (Å²) in [7, 11) is 0. The summed E-state index contributed by atoms with van der Waals surface area (Å²) >= 11 is 1.66. The predicted molar refractivity (Wildman–Crippen MR) is 152 cm³/mol. The summed E-state index contributed by atoms with van der Waals surface area (Å²) in [6.07, 6.45) is 19.7. The fourth-order valence-corrected chi connectivity index (χ4v) is 5.89. The average molecular weight is 507 g/mol. The van der Waals surface area contributed by atoms with Gasteiger partial charge in [-0.3, -0.25) is 15.1 Å². The van der Waals surface area contributed by atoms with Gasteiger partial charge in [-0.2, -0.15) is 16.4 Å². The van der Waals surface area contributed by atoms with Gasteiger partial charge in [-0.15, -0.1) is 0 Å². The van der Waals surface area contributed by atoms with Crippen LogP contribution in [0.2, 0.25) is 0 Å². The molecule has 0 atom stereocenters. The first-order valence-corrected chi connectivity index (χ1v) is 13.8. The number of pyridine rings is 2. The normalized spacial score (nSPS) is 15.6. The topological polar surface area (TPSA) is 83.1 Å². The summed E-state index contributed by atoms with van der Waals surface area (Å²) in [5.41, 5.74) is 8.23. The largest absolute Gasteiger partial charge is 0.335 e. The minimum atomic E-state index is 0.681. The van der Waals surface area contributed by atoms with Crippen molar-refractivity contribution in [2.75, 3.05) is 0 Å². The molecular weight excluding hydrogens is 476 g/mol. The zero-order valence-corrected chi connectivity index (χ0v) is 21.8. The molecule has 0 bridgehead atoms. The van der Waals surface area contributed by atoms with E-state index in [0.717, 1.165) is 56.2 Å². The molecule has 7 heteroatoms. The van der Waals surface area contributed by atoms with Crippen LogP contribution in [-0.2, 0) is 6.42 Å². The first-order valence-electron chi connectivity index (χ1n) is 12.9. The van der Waals surface area contributed by atoms with Gasteiger partial charge in [0.25, 0.3) is 0 Å². The highest BCUT2D eigenvalue weighted by atomic mass is 32.1. The maximum absolute atomic E-state index is 4.86. The van der Waals surface area contributed by atoms with Crippen molar-refractivity contribution < 1.29 is 0 Å². The third kappa shape index (κ3) is 4.91. The Morgan fingerprint density at radius 1 is 1.14 bits per heavy atom. The van der Waals surface area contributed by atoms with Gasteiger partial charge in [0.05, 0.1) is 17.1 Å². The van der Waals surface area contributed by atoms with Crippen LogP contribution in [0.15, 0.2) is 53.8 Å². The molecule has 0 amide bonds. The number of aromatic nitrogens is 6. The number of fused-ring (bicyclic) bond motifs is 1. The van der Waals surface area contributed by atoms with Gasteiger partial charge < -0.3 is 4.98 Å². The molecule has 186 valence electrons. The molecule has 0 unspecified atom stereocenters. The monoisotopic (exact) mass is 506 g/mol. The van der Waals surface area contributed by atoms with Crippen molar-refractivity contribution in [3.8, 4) is 22.6 Å². The number of thiophene rings is 1. The van der Waals surface area contributed by atoms with Crippen molar-refractivity contribution in [1.29, 1.82) is 0 Å². The minimum Gasteiger partial charge on any atom is -0.335 e. The summed E-state index contributed by atoms with van der Waals surface area (Å²) in [5, 5.41) is 13.5. The molecule has 5 aromatic heterocycles. The van der Waals surface area contributed by atoms with Crippen molar-refractivity contribution in [3.63, 3.8) is 0 Å². The van der Waals surface area contributed by atoms with Gasteiger partial charge in [0.15, 0.2) is 5.82 Å². The number of nitrogens with one attached hydrogen (secondary N) is 2. The van der Waals surface area contributed by atoms with E-state index in [1.54, 1.807) is 17.5 Å². The Bertz CT molecular complexity index is 1670. The molecule has 6 rings (SSSR count). The zero-order chi connectivity index (χ0) is 25.2. The molecule has 1 fully saturated rings. The molecule has 5 aromatic rings. The van der Waals surface area contributed by atoms with Gasteiger partial charge in [-0.1, -0.05) is 44.8 Å². The molecule has 0 aromatic carbocycles. The van der Waals surface area contributed by atoms with E-state index in [1.165, 1.54) is 37.7 Å². The summed E-state index contributed by atoms with van der Waals surface area (Å²) in [6, 6.07) is 4.37. The van der Waals surface area contributed by atoms with Gasteiger partial charge in [0.1, 0.15) is 11.2 Å². The van der Waals surface area contributed by atoms with E-state index < -0.39 is 0 Å². The lowest BCUT2D eigenvalue weighted by Crippen LogP contribution is -2.21. The van der Waals surface area contributed by atoms with Gasteiger partial charge in [0.2, 0.25) is 0 Å². The first-order chi connectivity index (χ1) is 18.2. The Kier molecular flexibility index (Phi) is 6.53. The van der Waals surface area contributed by atoms with Crippen LogP contribution in [0.5, 0.6) is 0 Å². The van der Waals surface area contributed by atoms with Gasteiger partial charge in [-0.25, -0.2) is 4.98 Å². The quantitative estimate of drug-likeness (QED) is 0.301. The smallest absolute Gasteiger partial charge is 0.159 e. The van der Waals surface area contributed by atoms with Crippen molar-refractivity contribution in [3.05, 3.63) is 75.5 Å². The van der Waals surface area contributed by atoms with Crippen LogP contribution < -0.4 is 10.6 Å². The van der Waals surface area contributed by atoms with Crippen LogP contribution in [0.1, 0.15) is 50.2 Å². The molecule has 0 saturated heterocycles. The third-order valence-electron chi connectivity index (χ3n) is 7.35. The van der Waals surface area contributed by atoms with Gasteiger partial charge >= 0.3 is 0 Å². The number of allylic oxidation sites excluding steroid dienone is 2. The maximum atomic E-state index is 4.86. The van der Waals surface area contributed by atoms with E-state index in [9.17, 15) is 0 Å². The lowest BCUT2D eigenvalue weighted by molar-refractivity contribution is 0.356.